The average Bonchev–Trinajstić information content (AvgIpc) is 3.11. The Morgan fingerprint density at radius 1 is 0.727 bits per heavy atom. The second-order valence-electron chi connectivity index (χ2n) is 10.0. The van der Waals surface area contributed by atoms with Gasteiger partial charge < -0.3 is 14.5 Å². The molecular weight excluding hydrogens is 540 g/mol. The van der Waals surface area contributed by atoms with Crippen molar-refractivity contribution in [3.8, 4) is 0 Å². The highest BCUT2D eigenvalue weighted by molar-refractivity contribution is 9.08. The van der Waals surface area contributed by atoms with E-state index >= 15 is 0 Å². The van der Waals surface area contributed by atoms with E-state index < -0.39 is 0 Å². The number of rotatable bonds is 8. The van der Waals surface area contributed by atoms with Gasteiger partial charge in [0.05, 0.1) is 13.2 Å². The average molecular weight is 574 g/mol. The molecule has 5 heteroatoms. The van der Waals surface area contributed by atoms with Crippen LogP contribution in [0.25, 0.3) is 0 Å². The molecule has 4 rings (SSSR count). The van der Waals surface area contributed by atoms with Crippen molar-refractivity contribution in [2.75, 3.05) is 36.1 Å². The minimum absolute atomic E-state index is 0.0596. The van der Waals surface area contributed by atoms with Crippen LogP contribution in [0, 0.1) is 0 Å². The van der Waals surface area contributed by atoms with Crippen molar-refractivity contribution in [2.45, 2.75) is 49.2 Å². The van der Waals surface area contributed by atoms with Gasteiger partial charge in [0.1, 0.15) is 0 Å². The molecule has 0 saturated carbocycles. The van der Waals surface area contributed by atoms with E-state index in [1.54, 1.807) is 0 Å². The summed E-state index contributed by atoms with van der Waals surface area (Å²) in [5.41, 5.74) is 9.92. The first-order valence-electron chi connectivity index (χ1n) is 11.5. The Kier molecular flexibility index (Phi) is 6.88. The molecule has 2 aromatic rings. The lowest BCUT2D eigenvalue weighted by Crippen LogP contribution is -2.31. The predicted octanol–water partition coefficient (Wildman–Crippen LogP) is 7.42. The molecule has 0 aromatic heterocycles. The van der Waals surface area contributed by atoms with Crippen LogP contribution in [0.15, 0.2) is 61.0 Å². The second-order valence-corrected chi connectivity index (χ2v) is 11.2. The number of ether oxygens (including phenoxy) is 1. The molecule has 0 aliphatic carbocycles. The number of benzene rings is 2. The molecule has 3 nitrogen and oxygen atoms in total. The summed E-state index contributed by atoms with van der Waals surface area (Å²) in [5, 5.41) is 1.71. The lowest BCUT2D eigenvalue weighted by Gasteiger charge is -2.27. The van der Waals surface area contributed by atoms with Crippen molar-refractivity contribution in [1.82, 2.24) is 0 Å². The highest BCUT2D eigenvalue weighted by atomic mass is 79.9. The van der Waals surface area contributed by atoms with Crippen molar-refractivity contribution in [2.24, 2.45) is 0 Å². The number of nitrogens with zero attached hydrogens (tertiary/aromatic N) is 2. The fourth-order valence-electron chi connectivity index (χ4n) is 5.03. The monoisotopic (exact) mass is 572 g/mol. The van der Waals surface area contributed by atoms with E-state index in [1.165, 1.54) is 33.6 Å². The third kappa shape index (κ3) is 4.21. The molecule has 0 fully saturated rings. The summed E-state index contributed by atoms with van der Waals surface area (Å²) in [6.07, 6.45) is 0. The second kappa shape index (κ2) is 9.24. The molecule has 0 amide bonds. The normalized spacial score (nSPS) is 18.1. The summed E-state index contributed by atoms with van der Waals surface area (Å²) in [7, 11) is 0. The summed E-state index contributed by atoms with van der Waals surface area (Å²) in [5.74, 6) is 0. The Labute approximate surface area is 215 Å². The van der Waals surface area contributed by atoms with E-state index in [1.807, 2.05) is 0 Å². The van der Waals surface area contributed by atoms with Gasteiger partial charge in [0.25, 0.3) is 0 Å². The van der Waals surface area contributed by atoms with Gasteiger partial charge in [0, 0.05) is 57.3 Å². The minimum Gasteiger partial charge on any atom is -0.378 e. The van der Waals surface area contributed by atoms with E-state index in [4.69, 9.17) is 4.74 Å². The van der Waals surface area contributed by atoms with Crippen LogP contribution in [0.2, 0.25) is 0 Å². The summed E-state index contributed by atoms with van der Waals surface area (Å²) in [6.45, 7) is 20.8. The maximum Gasteiger partial charge on any atom is 0.0646 e. The number of hydrogen-bond acceptors (Lipinski definition) is 3. The molecular formula is C28H34Br2N2O. The quantitative estimate of drug-likeness (QED) is 0.241. The number of anilines is 2. The Morgan fingerprint density at radius 2 is 1.12 bits per heavy atom. The summed E-state index contributed by atoms with van der Waals surface area (Å²) >= 11 is 7.18. The summed E-state index contributed by atoms with van der Waals surface area (Å²) in [6, 6.07) is 13.4. The topological polar surface area (TPSA) is 15.7 Å². The summed E-state index contributed by atoms with van der Waals surface area (Å²) < 4.78 is 6.15. The van der Waals surface area contributed by atoms with Crippen molar-refractivity contribution < 1.29 is 4.74 Å². The fourth-order valence-corrected chi connectivity index (χ4v) is 5.72. The zero-order valence-electron chi connectivity index (χ0n) is 20.2. The number of fused-ring (bicyclic) bond motifs is 2. The maximum absolute atomic E-state index is 6.15. The number of hydrogen-bond donors (Lipinski definition) is 0. The molecule has 0 atom stereocenters. The van der Waals surface area contributed by atoms with Gasteiger partial charge in [0.15, 0.2) is 0 Å². The standard InChI is InChI=1S/C28H34Br2N2O/c1-19-27(3,4)23-9-7-21(17-29)15-25(23)31(19)11-13-33-14-12-32-20(2)28(5,6)24-10-8-22(18-30)16-26(24)32/h7-10,15-16H,1-2,11-14,17-18H2,3-6H3. The Balaban J connectivity index is 1.39. The van der Waals surface area contributed by atoms with Gasteiger partial charge in [-0.25, -0.2) is 0 Å². The molecule has 0 bridgehead atoms. The molecule has 0 unspecified atom stereocenters. The van der Waals surface area contributed by atoms with Gasteiger partial charge >= 0.3 is 0 Å². The van der Waals surface area contributed by atoms with Gasteiger partial charge in [-0.3, -0.25) is 0 Å². The number of allylic oxidation sites excluding steroid dienone is 2. The zero-order valence-corrected chi connectivity index (χ0v) is 23.4. The number of alkyl halides is 2. The van der Waals surface area contributed by atoms with Crippen LogP contribution in [0.3, 0.4) is 0 Å². The smallest absolute Gasteiger partial charge is 0.0646 e. The van der Waals surface area contributed by atoms with E-state index in [0.29, 0.717) is 13.2 Å². The first-order valence-corrected chi connectivity index (χ1v) is 13.8. The van der Waals surface area contributed by atoms with E-state index in [9.17, 15) is 0 Å². The first kappa shape index (κ1) is 24.6. The van der Waals surface area contributed by atoms with Crippen LogP contribution in [0.1, 0.15) is 49.9 Å². The van der Waals surface area contributed by atoms with Crippen LogP contribution >= 0.6 is 31.9 Å². The van der Waals surface area contributed by atoms with Crippen LogP contribution in [0.5, 0.6) is 0 Å². The fraction of sp³-hybridized carbons (Fsp3) is 0.429. The predicted molar refractivity (Wildman–Crippen MR) is 148 cm³/mol. The van der Waals surface area contributed by atoms with Gasteiger partial charge in [-0.2, -0.15) is 0 Å². The molecule has 2 heterocycles. The molecule has 176 valence electrons. The molecule has 2 aromatic carbocycles. The van der Waals surface area contributed by atoms with Gasteiger partial charge in [-0.05, 0) is 34.4 Å². The van der Waals surface area contributed by atoms with Crippen molar-refractivity contribution >= 4 is 43.2 Å². The highest BCUT2D eigenvalue weighted by Crippen LogP contribution is 2.48. The molecule has 0 spiro atoms. The van der Waals surface area contributed by atoms with Crippen molar-refractivity contribution in [1.29, 1.82) is 0 Å². The SMILES string of the molecule is C=C1N(CCOCCN2C(=C)C(C)(C)c3ccc(CBr)cc32)c2cc(CBr)ccc2C1(C)C. The van der Waals surface area contributed by atoms with E-state index in [-0.39, 0.29) is 10.8 Å². The van der Waals surface area contributed by atoms with E-state index in [2.05, 4.69) is 119 Å². The lowest BCUT2D eigenvalue weighted by molar-refractivity contribution is 0.148. The molecule has 33 heavy (non-hydrogen) atoms. The first-order chi connectivity index (χ1) is 15.6. The molecule has 2 aliphatic heterocycles. The van der Waals surface area contributed by atoms with Crippen molar-refractivity contribution in [3.63, 3.8) is 0 Å². The van der Waals surface area contributed by atoms with Gasteiger partial charge in [0.2, 0.25) is 0 Å². The maximum atomic E-state index is 6.15. The number of halogens is 2. The third-order valence-electron chi connectivity index (χ3n) is 7.37. The lowest BCUT2D eigenvalue weighted by atomic mass is 9.84. The van der Waals surface area contributed by atoms with Crippen molar-refractivity contribution in [3.05, 3.63) is 83.2 Å². The van der Waals surface area contributed by atoms with Gasteiger partial charge in [-0.1, -0.05) is 97.0 Å². The third-order valence-corrected chi connectivity index (χ3v) is 8.67. The van der Waals surface area contributed by atoms with Crippen LogP contribution < -0.4 is 9.80 Å². The Hall–Kier alpha value is -1.56. The highest BCUT2D eigenvalue weighted by Gasteiger charge is 2.40. The molecule has 2 aliphatic rings. The Morgan fingerprint density at radius 3 is 1.48 bits per heavy atom. The van der Waals surface area contributed by atoms with Gasteiger partial charge in [-0.15, -0.1) is 0 Å². The van der Waals surface area contributed by atoms with E-state index in [0.717, 1.165) is 35.1 Å². The van der Waals surface area contributed by atoms with Crippen LogP contribution in [0.4, 0.5) is 11.4 Å². The minimum atomic E-state index is -0.0596. The zero-order chi connectivity index (χ0) is 24.0. The summed E-state index contributed by atoms with van der Waals surface area (Å²) in [4.78, 5) is 4.66. The largest absolute Gasteiger partial charge is 0.378 e. The van der Waals surface area contributed by atoms with Crippen LogP contribution in [-0.4, -0.2) is 26.3 Å². The molecule has 0 N–H and O–H groups in total. The van der Waals surface area contributed by atoms with Crippen LogP contribution in [-0.2, 0) is 26.2 Å². The molecule has 0 radical (unpaired) electrons. The Bertz CT molecular complexity index is 1000. The molecule has 0 saturated heterocycles.